The Morgan fingerprint density at radius 1 is 1.05 bits per heavy atom. The molecule has 0 bridgehead atoms. The lowest BCUT2D eigenvalue weighted by Gasteiger charge is -2.60. The van der Waals surface area contributed by atoms with Crippen LogP contribution in [0.5, 0.6) is 0 Å². The number of carbonyl (C=O) groups excluding carboxylic acids is 1. The summed E-state index contributed by atoms with van der Waals surface area (Å²) in [7, 11) is 0. The van der Waals surface area contributed by atoms with Crippen LogP contribution in [-0.4, -0.2) is 34.5 Å². The molecule has 1 rings (SSSR count). The molecule has 3 heteroatoms. The molecule has 0 atom stereocenters. The Hall–Kier alpha value is -0.830. The van der Waals surface area contributed by atoms with Gasteiger partial charge in [0.1, 0.15) is 0 Å². The first kappa shape index (κ1) is 19.2. The zero-order chi connectivity index (χ0) is 17.0. The molecular formula is C19H36N2O. The summed E-state index contributed by atoms with van der Waals surface area (Å²) in [5.74, 6) is 0.0113. The molecule has 1 aliphatic rings. The first-order chi connectivity index (χ1) is 10.3. The molecule has 1 aliphatic heterocycles. The highest BCUT2D eigenvalue weighted by molar-refractivity contribution is 5.92. The molecule has 1 amide bonds. The second-order valence-corrected chi connectivity index (χ2v) is 6.97. The average molecular weight is 309 g/mol. The van der Waals surface area contributed by atoms with Gasteiger partial charge in [-0.25, -0.2) is 0 Å². The van der Waals surface area contributed by atoms with Crippen LogP contribution in [0.15, 0.2) is 12.2 Å². The fourth-order valence-corrected chi connectivity index (χ4v) is 4.64. The Bertz CT molecular complexity index is 372. The van der Waals surface area contributed by atoms with Crippen molar-refractivity contribution in [1.29, 1.82) is 0 Å². The molecule has 1 saturated heterocycles. The van der Waals surface area contributed by atoms with Crippen molar-refractivity contribution in [3.05, 3.63) is 12.2 Å². The molecule has 0 spiro atoms. The molecule has 3 nitrogen and oxygen atoms in total. The van der Waals surface area contributed by atoms with E-state index in [0.29, 0.717) is 5.57 Å². The molecule has 0 aromatic heterocycles. The van der Waals surface area contributed by atoms with Crippen LogP contribution in [0.25, 0.3) is 0 Å². The minimum atomic E-state index is 0.0113. The van der Waals surface area contributed by atoms with Gasteiger partial charge in [0, 0.05) is 22.7 Å². The van der Waals surface area contributed by atoms with Gasteiger partial charge >= 0.3 is 0 Å². The molecule has 0 saturated carbocycles. The van der Waals surface area contributed by atoms with Crippen LogP contribution in [0.2, 0.25) is 0 Å². The first-order valence-corrected chi connectivity index (χ1v) is 9.08. The molecule has 1 heterocycles. The highest BCUT2D eigenvalue weighted by atomic mass is 16.1. The SMILES string of the molecule is C=C(C)C(=O)NC1CC(CC)(CC)N(CC)C(CC)(CC)C1. The number of piperidine rings is 1. The summed E-state index contributed by atoms with van der Waals surface area (Å²) in [4.78, 5) is 14.9. The molecule has 0 aliphatic carbocycles. The number of amides is 1. The zero-order valence-electron chi connectivity index (χ0n) is 15.6. The first-order valence-electron chi connectivity index (χ1n) is 9.08. The molecular weight excluding hydrogens is 272 g/mol. The minimum Gasteiger partial charge on any atom is -0.349 e. The molecule has 1 N–H and O–H groups in total. The zero-order valence-corrected chi connectivity index (χ0v) is 15.6. The number of hydrogen-bond acceptors (Lipinski definition) is 2. The Balaban J connectivity index is 3.17. The highest BCUT2D eigenvalue weighted by Crippen LogP contribution is 2.45. The molecule has 128 valence electrons. The normalized spacial score (nSPS) is 21.5. The molecule has 22 heavy (non-hydrogen) atoms. The van der Waals surface area contributed by atoms with Crippen LogP contribution in [0.4, 0.5) is 0 Å². The van der Waals surface area contributed by atoms with E-state index in [2.05, 4.69) is 51.4 Å². The predicted molar refractivity (Wildman–Crippen MR) is 95.0 cm³/mol. The summed E-state index contributed by atoms with van der Waals surface area (Å²) < 4.78 is 0. The second-order valence-electron chi connectivity index (χ2n) is 6.97. The van der Waals surface area contributed by atoms with Crippen LogP contribution in [0.3, 0.4) is 0 Å². The highest BCUT2D eigenvalue weighted by Gasteiger charge is 2.50. The van der Waals surface area contributed by atoms with Gasteiger partial charge in [0.25, 0.3) is 0 Å². The van der Waals surface area contributed by atoms with Gasteiger partial charge in [-0.2, -0.15) is 0 Å². The van der Waals surface area contributed by atoms with Crippen molar-refractivity contribution in [2.24, 2.45) is 0 Å². The third-order valence-corrected chi connectivity index (χ3v) is 6.07. The van der Waals surface area contributed by atoms with Gasteiger partial charge in [0.2, 0.25) is 5.91 Å². The fraction of sp³-hybridized carbons (Fsp3) is 0.842. The molecule has 0 aromatic rings. The fourth-order valence-electron chi connectivity index (χ4n) is 4.64. The number of rotatable bonds is 7. The minimum absolute atomic E-state index is 0.0113. The van der Waals surface area contributed by atoms with Crippen LogP contribution in [0.1, 0.15) is 80.1 Å². The van der Waals surface area contributed by atoms with E-state index in [9.17, 15) is 4.79 Å². The van der Waals surface area contributed by atoms with E-state index in [1.807, 2.05) is 0 Å². The maximum Gasteiger partial charge on any atom is 0.246 e. The number of nitrogens with one attached hydrogen (secondary N) is 1. The Morgan fingerprint density at radius 3 is 1.73 bits per heavy atom. The summed E-state index contributed by atoms with van der Waals surface area (Å²) in [5, 5.41) is 3.24. The monoisotopic (exact) mass is 308 g/mol. The number of hydrogen-bond donors (Lipinski definition) is 1. The van der Waals surface area contributed by atoms with Crippen LogP contribution >= 0.6 is 0 Å². The van der Waals surface area contributed by atoms with Crippen molar-refractivity contribution in [2.45, 2.75) is 97.2 Å². The van der Waals surface area contributed by atoms with Gasteiger partial charge in [-0.05, 0) is 52.0 Å². The molecule has 1 fully saturated rings. The van der Waals surface area contributed by atoms with Crippen molar-refractivity contribution in [3.8, 4) is 0 Å². The topological polar surface area (TPSA) is 32.3 Å². The van der Waals surface area contributed by atoms with E-state index in [1.165, 1.54) is 0 Å². The Labute approximate surface area is 137 Å². The summed E-state index contributed by atoms with van der Waals surface area (Å²) in [6, 6.07) is 0.256. The van der Waals surface area contributed by atoms with Gasteiger partial charge in [-0.15, -0.1) is 0 Å². The predicted octanol–water partition coefficient (Wildman–Crippen LogP) is 4.28. The van der Waals surface area contributed by atoms with Crippen LogP contribution in [-0.2, 0) is 4.79 Å². The van der Waals surface area contributed by atoms with Crippen molar-refractivity contribution in [3.63, 3.8) is 0 Å². The Kier molecular flexibility index (Phi) is 6.66. The Morgan fingerprint density at radius 2 is 1.45 bits per heavy atom. The number of likely N-dealkylation sites (tertiary alicyclic amines) is 1. The van der Waals surface area contributed by atoms with Gasteiger partial charge in [-0.3, -0.25) is 9.69 Å². The third kappa shape index (κ3) is 3.40. The molecule has 0 unspecified atom stereocenters. The van der Waals surface area contributed by atoms with E-state index in [1.54, 1.807) is 6.92 Å². The lowest BCUT2D eigenvalue weighted by atomic mass is 9.69. The number of carbonyl (C=O) groups is 1. The van der Waals surface area contributed by atoms with Crippen molar-refractivity contribution in [1.82, 2.24) is 10.2 Å². The van der Waals surface area contributed by atoms with Crippen molar-refractivity contribution >= 4 is 5.91 Å². The van der Waals surface area contributed by atoms with Gasteiger partial charge in [0.15, 0.2) is 0 Å². The second kappa shape index (κ2) is 7.63. The van der Waals surface area contributed by atoms with Crippen molar-refractivity contribution in [2.75, 3.05) is 6.54 Å². The number of nitrogens with zero attached hydrogens (tertiary/aromatic N) is 1. The van der Waals surface area contributed by atoms with E-state index in [-0.39, 0.29) is 23.0 Å². The summed E-state index contributed by atoms with van der Waals surface area (Å²) in [6.07, 6.45) is 6.65. The lowest BCUT2D eigenvalue weighted by Crippen LogP contribution is -2.67. The maximum absolute atomic E-state index is 12.1. The summed E-state index contributed by atoms with van der Waals surface area (Å²) >= 11 is 0. The van der Waals surface area contributed by atoms with E-state index in [0.717, 1.165) is 45.1 Å². The summed E-state index contributed by atoms with van der Waals surface area (Å²) in [5.41, 5.74) is 1.01. The molecule has 0 aromatic carbocycles. The van der Waals surface area contributed by atoms with Crippen LogP contribution < -0.4 is 5.32 Å². The average Bonchev–Trinajstić information content (AvgIpc) is 2.53. The molecule has 0 radical (unpaired) electrons. The van der Waals surface area contributed by atoms with E-state index in [4.69, 9.17) is 0 Å². The standard InChI is InChI=1S/C19H36N2O/c1-8-18(9-2)13-16(20-17(22)15(6)7)14-19(10-3,11-4)21(18)12-5/h16H,6,8-14H2,1-5,7H3,(H,20,22). The smallest absolute Gasteiger partial charge is 0.246 e. The van der Waals surface area contributed by atoms with E-state index < -0.39 is 0 Å². The van der Waals surface area contributed by atoms with Crippen molar-refractivity contribution < 1.29 is 4.79 Å². The van der Waals surface area contributed by atoms with Gasteiger partial charge in [-0.1, -0.05) is 41.2 Å². The lowest BCUT2D eigenvalue weighted by molar-refractivity contribution is -0.122. The van der Waals surface area contributed by atoms with E-state index >= 15 is 0 Å². The largest absolute Gasteiger partial charge is 0.349 e. The van der Waals surface area contributed by atoms with Crippen LogP contribution in [0, 0.1) is 0 Å². The maximum atomic E-state index is 12.1. The van der Waals surface area contributed by atoms with Gasteiger partial charge < -0.3 is 5.32 Å². The third-order valence-electron chi connectivity index (χ3n) is 6.07. The summed E-state index contributed by atoms with van der Waals surface area (Å²) in [6.45, 7) is 18.1. The van der Waals surface area contributed by atoms with Gasteiger partial charge in [0.05, 0.1) is 0 Å². The quantitative estimate of drug-likeness (QED) is 0.712.